The average molecular weight is 102 g/mol. The van der Waals surface area contributed by atoms with Gasteiger partial charge in [-0.05, 0) is 0 Å². The minimum Gasteiger partial charge on any atom is -0.269 e. The van der Waals surface area contributed by atoms with Crippen molar-refractivity contribution in [3.05, 3.63) is 0 Å². The van der Waals surface area contributed by atoms with Gasteiger partial charge in [-0.2, -0.15) is 0 Å². The van der Waals surface area contributed by atoms with Crippen molar-refractivity contribution in [3.63, 3.8) is 0 Å². The minimum absolute atomic E-state index is 0. The van der Waals surface area contributed by atoms with Crippen molar-refractivity contribution < 1.29 is 18.8 Å². The van der Waals surface area contributed by atoms with Gasteiger partial charge in [0.2, 0.25) is 0 Å². The van der Waals surface area contributed by atoms with Crippen LogP contribution in [-0.4, -0.2) is 16.8 Å². The number of hydrogen-bond donors (Lipinski definition) is 0. The molecular weight excluding hydrogens is 97.6 g/mol. The molecule has 0 heterocycles. The smallest absolute Gasteiger partial charge is 0 e. The van der Waals surface area contributed by atoms with Crippen molar-refractivity contribution in [2.75, 3.05) is 0 Å². The molecule has 0 amide bonds. The van der Waals surface area contributed by atoms with Gasteiger partial charge in [0.15, 0.2) is 0 Å². The van der Waals surface area contributed by atoms with Crippen molar-refractivity contribution in [2.24, 2.45) is 0 Å². The van der Waals surface area contributed by atoms with Crippen LogP contribution in [0, 0.1) is 0 Å². The van der Waals surface area contributed by atoms with Gasteiger partial charge in [-0.25, -0.2) is 0 Å². The lowest BCUT2D eigenvalue weighted by Gasteiger charge is -0.270. The summed E-state index contributed by atoms with van der Waals surface area (Å²) in [4.78, 5) is 0. The first-order valence-corrected chi connectivity index (χ1v) is 0. The first kappa shape index (κ1) is 6100. The second-order valence-electron chi connectivity index (χ2n) is 0. The van der Waals surface area contributed by atoms with E-state index < -0.39 is 0 Å². The second-order valence-corrected chi connectivity index (χ2v) is 0. The van der Waals surface area contributed by atoms with Gasteiger partial charge in [-0.3, -0.25) is 18.8 Å². The second kappa shape index (κ2) is 3190. The molecule has 6 heavy (non-hydrogen) atoms. The van der Waals surface area contributed by atoms with Crippen LogP contribution in [0.5, 0.6) is 0 Å². The first-order chi connectivity index (χ1) is 0. The van der Waals surface area contributed by atoms with Crippen LogP contribution in [0.4, 0.5) is 18.8 Å². The van der Waals surface area contributed by atoms with Crippen LogP contribution in [0.25, 0.3) is 0 Å². The van der Waals surface area contributed by atoms with Crippen molar-refractivity contribution in [3.8, 4) is 0 Å². The molecule has 0 spiro atoms. The molecule has 0 aliphatic heterocycles. The van der Waals surface area contributed by atoms with Gasteiger partial charge in [0.1, 0.15) is 0 Å². The zero-order valence-electron chi connectivity index (χ0n) is 2.79. The maximum atomic E-state index is 0. The Kier molecular flexibility index (Phi) is 3240000. The topological polar surface area (TPSA) is 0 Å². The van der Waals surface area contributed by atoms with Gasteiger partial charge >= 0.3 is 0 Å². The van der Waals surface area contributed by atoms with Crippen LogP contribution >= 0.6 is 0 Å². The summed E-state index contributed by atoms with van der Waals surface area (Å²) in [5, 5.41) is 0. The van der Waals surface area contributed by atoms with E-state index in [9.17, 15) is 0 Å². The molecule has 0 aliphatic carbocycles. The first-order valence-electron chi connectivity index (χ1n) is 0. The lowest BCUT2D eigenvalue weighted by Crippen LogP contribution is -0.382. The highest BCUT2D eigenvalue weighted by Gasteiger charge is 0.00103. The summed E-state index contributed by atoms with van der Waals surface area (Å²) in [7, 11) is 0. The van der Waals surface area contributed by atoms with Gasteiger partial charge in [-0.15, -0.1) is 0 Å². The Hall–Kier alpha value is -0.150. The highest BCUT2D eigenvalue weighted by atomic mass is 19.0. The van der Waals surface area contributed by atoms with E-state index in [1.165, 1.54) is 0 Å². The predicted octanol–water partition coefficient (Wildman–Crippen LogP) is -0.152. The molecule has 0 nitrogen and oxygen atoms in total. The van der Waals surface area contributed by atoms with E-state index in [0.29, 0.717) is 0 Å². The third-order valence-corrected chi connectivity index (χ3v) is 0. The van der Waals surface area contributed by atoms with Gasteiger partial charge in [0.25, 0.3) is 0 Å². The molecule has 0 unspecified atom stereocenters. The van der Waals surface area contributed by atoms with E-state index in [2.05, 4.69) is 0 Å². The van der Waals surface area contributed by atoms with E-state index in [1.54, 1.807) is 0 Å². The van der Waals surface area contributed by atoms with E-state index in [1.807, 2.05) is 0 Å². The largest absolute Gasteiger partial charge is 0.269 e. The Morgan fingerprint density at radius 1 is 0.333 bits per heavy atom. The molecule has 6 radical (unpaired) electrons. The highest BCUT2D eigenvalue weighted by Crippen LogP contribution is 0.423. The molecule has 0 N–H and O–H groups in total. The van der Waals surface area contributed by atoms with E-state index >= 15 is 0 Å². The molecule has 0 bridgehead atoms. The third-order valence-electron chi connectivity index (χ3n) is 0. The summed E-state index contributed by atoms with van der Waals surface area (Å²) in [6.07, 6.45) is 0. The van der Waals surface area contributed by atoms with E-state index in [4.69, 9.17) is 0 Å². The average Bonchev–Trinajstić information content (AvgIpc) is 0. The van der Waals surface area contributed by atoms with Crippen LogP contribution in [0.2, 0.25) is 0 Å². The fourth-order valence-corrected chi connectivity index (χ4v) is 0. The molecule has 0 aromatic heterocycles. The quantitative estimate of drug-likeness (QED) is 0.294. The summed E-state index contributed by atoms with van der Waals surface area (Å²) in [5.74, 6) is 0. The molecule has 0 aromatic rings. The van der Waals surface area contributed by atoms with Gasteiger partial charge in [0.05, 0.1) is 0 Å². The van der Waals surface area contributed by atoms with Crippen molar-refractivity contribution >= 4 is 16.8 Å². The lowest BCUT2D eigenvalue weighted by atomic mass is 10.8. The predicted molar refractivity (Wildman–Crippen MR) is 21.5 cm³/mol. The Bertz CT molecular complexity index is 5.51. The molecule has 0 saturated carbocycles. The van der Waals surface area contributed by atoms with Gasteiger partial charge in [0, 0.05) is 16.8 Å². The molecule has 38 valence electrons. The van der Waals surface area contributed by atoms with E-state index in [-0.39, 0.29) is 35.6 Å². The Balaban J connectivity index is 0. The van der Waals surface area contributed by atoms with Crippen LogP contribution in [-0.2, 0) is 0 Å². The van der Waals surface area contributed by atoms with Crippen LogP contribution in [0.1, 0.15) is 0 Å². The Morgan fingerprint density at radius 3 is 0.333 bits per heavy atom. The van der Waals surface area contributed by atoms with Gasteiger partial charge < -0.3 is 0 Å². The summed E-state index contributed by atoms with van der Waals surface area (Å²) >= 11 is 0. The Morgan fingerprint density at radius 2 is 0.333 bits per heavy atom. The number of halogens is 4. The van der Waals surface area contributed by atoms with Crippen molar-refractivity contribution in [1.29, 1.82) is 0 Å². The number of hydrogen-bond acceptors (Lipinski definition) is 0. The van der Waals surface area contributed by atoms with Crippen molar-refractivity contribution in [1.82, 2.24) is 0 Å². The van der Waals surface area contributed by atoms with Crippen LogP contribution in [0.3, 0.4) is 0 Å². The Labute approximate surface area is 36.9 Å². The molecule has 0 fully saturated rings. The summed E-state index contributed by atoms with van der Waals surface area (Å²) in [6, 6.07) is 0. The molecule has 0 saturated heterocycles. The molecule has 0 atom stereocenters. The summed E-state index contributed by atoms with van der Waals surface area (Å²) in [6.45, 7) is 0. The van der Waals surface area contributed by atoms with E-state index in [0.717, 1.165) is 0 Å². The maximum Gasteiger partial charge on any atom is 0 e. The minimum atomic E-state index is 0. The monoisotopic (exact) mass is 102 g/mol. The summed E-state index contributed by atoms with van der Waals surface area (Å²) < 4.78 is 0. The number of rotatable bonds is 0. The van der Waals surface area contributed by atoms with Gasteiger partial charge in [-0.1, -0.05) is 0 Å². The molecule has 6 heteroatoms. The molecular formula is H4B2F4. The summed E-state index contributed by atoms with van der Waals surface area (Å²) in [5.41, 5.74) is 0. The normalized spacial score (nSPS) is 0. The zero-order chi connectivity index (χ0) is 0. The molecule has 0 rings (SSSR count). The standard InChI is InChI=1S/2B.4FH/h;;4*1H. The lowest BCUT2D eigenvalue weighted by molar-refractivity contribution is 1.11. The molecule has 0 aromatic carbocycles. The SMILES string of the molecule is F.F.F.F.[B].[B]. The van der Waals surface area contributed by atoms with Crippen molar-refractivity contribution in [2.45, 2.75) is 0 Å². The third kappa shape index (κ3) is 1390. The van der Waals surface area contributed by atoms with Crippen LogP contribution in [0.15, 0.2) is 0 Å². The fraction of sp³-hybridized carbons (Fsp3) is 0. The molecule has 0 aliphatic rings. The highest BCUT2D eigenvalue weighted by molar-refractivity contribution is 5.76. The zero-order valence-corrected chi connectivity index (χ0v) is 2.79. The van der Waals surface area contributed by atoms with Crippen LogP contribution < -0.4 is 0 Å². The fourth-order valence-electron chi connectivity index (χ4n) is 0. The maximum absolute atomic E-state index is 0.